The number of hydrogen-bond acceptors (Lipinski definition) is 3. The molecule has 1 aromatic carbocycles. The summed E-state index contributed by atoms with van der Waals surface area (Å²) in [6.45, 7) is 0. The van der Waals surface area contributed by atoms with Gasteiger partial charge in [-0.2, -0.15) is 5.11 Å². The van der Waals surface area contributed by atoms with Gasteiger partial charge in [-0.15, -0.1) is 0 Å². The molecule has 1 aliphatic heterocycles. The van der Waals surface area contributed by atoms with Gasteiger partial charge in [0.05, 0.1) is 22.8 Å². The first-order valence-electron chi connectivity index (χ1n) is 6.49. The normalized spacial score (nSPS) is 37.4. The summed E-state index contributed by atoms with van der Waals surface area (Å²) in [7, 11) is 0. The fourth-order valence-corrected chi connectivity index (χ4v) is 4.42. The Morgan fingerprint density at radius 1 is 1.21 bits per heavy atom. The number of rotatable bonds is 1. The van der Waals surface area contributed by atoms with Gasteiger partial charge in [-0.3, -0.25) is 5.43 Å². The second kappa shape index (κ2) is 3.12. The molecule has 5 nitrogen and oxygen atoms in total. The highest BCUT2D eigenvalue weighted by Gasteiger charge is 2.66. The van der Waals surface area contributed by atoms with Crippen LogP contribution in [0.5, 0.6) is 0 Å². The van der Waals surface area contributed by atoms with Crippen LogP contribution in [0.3, 0.4) is 0 Å². The Morgan fingerprint density at radius 3 is 2.79 bits per heavy atom. The highest BCUT2D eigenvalue weighted by Crippen LogP contribution is 2.61. The van der Waals surface area contributed by atoms with E-state index in [0.29, 0.717) is 12.0 Å². The average Bonchev–Trinajstić information content (AvgIpc) is 2.98. The molecule has 0 amide bonds. The molecule has 2 aromatic rings. The molecular weight excluding hydrogens is 306 g/mol. The Balaban J connectivity index is 1.75. The van der Waals surface area contributed by atoms with Gasteiger partial charge < -0.3 is 10.2 Å². The molecule has 1 fully saturated rings. The van der Waals surface area contributed by atoms with Gasteiger partial charge in [0.1, 0.15) is 6.04 Å². The summed E-state index contributed by atoms with van der Waals surface area (Å²) in [5, 5.41) is 15.1. The van der Waals surface area contributed by atoms with Crippen molar-refractivity contribution in [2.75, 3.05) is 0 Å². The van der Waals surface area contributed by atoms with Crippen molar-refractivity contribution in [3.05, 3.63) is 45.7 Å². The van der Waals surface area contributed by atoms with Crippen LogP contribution in [0.4, 0.5) is 0 Å². The lowest BCUT2D eigenvalue weighted by atomic mass is 9.73. The fourth-order valence-electron chi connectivity index (χ4n) is 4.15. The quantitative estimate of drug-likeness (QED) is 0.743. The first kappa shape index (κ1) is 10.3. The number of H-pyrrole nitrogens is 2. The van der Waals surface area contributed by atoms with Crippen LogP contribution >= 0.6 is 15.9 Å². The van der Waals surface area contributed by atoms with Gasteiger partial charge in [0, 0.05) is 10.4 Å². The van der Waals surface area contributed by atoms with E-state index < -0.39 is 0 Å². The minimum Gasteiger partial charge on any atom is -0.303 e. The maximum atomic E-state index is 4.47. The van der Waals surface area contributed by atoms with Crippen molar-refractivity contribution >= 4 is 15.9 Å². The molecule has 5 rings (SSSR count). The third kappa shape index (κ3) is 1.00. The van der Waals surface area contributed by atoms with Crippen LogP contribution < -0.4 is 5.43 Å². The summed E-state index contributed by atoms with van der Waals surface area (Å²) < 4.78 is 1.11. The number of halogens is 1. The predicted molar refractivity (Wildman–Crippen MR) is 73.0 cm³/mol. The zero-order valence-electron chi connectivity index (χ0n) is 10.0. The molecule has 4 atom stereocenters. The minimum atomic E-state index is -0.0242. The smallest absolute Gasteiger partial charge is 0.111 e. The molecule has 1 aromatic heterocycles. The van der Waals surface area contributed by atoms with Crippen molar-refractivity contribution in [2.24, 2.45) is 10.3 Å². The molecule has 3 aliphatic rings. The molecule has 4 unspecified atom stereocenters. The van der Waals surface area contributed by atoms with E-state index in [4.69, 9.17) is 0 Å². The predicted octanol–water partition coefficient (Wildman–Crippen LogP) is 2.60. The molecule has 2 bridgehead atoms. The third-order valence-corrected chi connectivity index (χ3v) is 5.51. The topological polar surface area (TPSA) is 68.3 Å². The molecule has 1 saturated carbocycles. The van der Waals surface area contributed by atoms with E-state index in [1.165, 1.54) is 17.0 Å². The first-order chi connectivity index (χ1) is 9.30. The maximum Gasteiger partial charge on any atom is 0.111 e. The fraction of sp³-hybridized carbons (Fsp3) is 0.385. The highest BCUT2D eigenvalue weighted by atomic mass is 79.9. The molecule has 3 N–H and O–H groups in total. The standard InChI is InChI=1S/C13H12BrN5/c14-7-3-1-6(2-4-7)13-5-8(9-11(13)17-15-9)10-12(13)18-19-16-10/h1-4,8,10,12,15,17H,5H2,(H,16,18). The average molecular weight is 318 g/mol. The van der Waals surface area contributed by atoms with Gasteiger partial charge in [0.2, 0.25) is 0 Å². The molecule has 2 aliphatic carbocycles. The monoisotopic (exact) mass is 317 g/mol. The van der Waals surface area contributed by atoms with E-state index in [2.05, 4.69) is 66.2 Å². The lowest BCUT2D eigenvalue weighted by Crippen LogP contribution is -2.46. The SMILES string of the molecule is Brc1ccc(C23CC(c4[nH][nH]c42)C2NN=NC23)cc1. The Bertz CT molecular complexity index is 684. The molecule has 2 heterocycles. The van der Waals surface area contributed by atoms with Crippen LogP contribution in [0.25, 0.3) is 0 Å². The molecule has 19 heavy (non-hydrogen) atoms. The lowest BCUT2D eigenvalue weighted by Gasteiger charge is -2.36. The van der Waals surface area contributed by atoms with Gasteiger partial charge in [0.15, 0.2) is 0 Å². The van der Waals surface area contributed by atoms with Crippen LogP contribution in [0.1, 0.15) is 29.3 Å². The Hall–Kier alpha value is -1.56. The summed E-state index contributed by atoms with van der Waals surface area (Å²) in [5.41, 5.74) is 7.17. The number of aromatic nitrogens is 2. The van der Waals surface area contributed by atoms with Crippen LogP contribution in [0.2, 0.25) is 0 Å². The Morgan fingerprint density at radius 2 is 2.05 bits per heavy atom. The summed E-state index contributed by atoms with van der Waals surface area (Å²) in [4.78, 5) is 0. The number of hydrogen-bond donors (Lipinski definition) is 3. The first-order valence-corrected chi connectivity index (χ1v) is 7.28. The van der Waals surface area contributed by atoms with Gasteiger partial charge in [-0.25, -0.2) is 0 Å². The van der Waals surface area contributed by atoms with Crippen LogP contribution in [0, 0.1) is 0 Å². The number of benzene rings is 1. The van der Waals surface area contributed by atoms with Crippen LogP contribution in [-0.2, 0) is 5.41 Å². The van der Waals surface area contributed by atoms with Crippen LogP contribution in [-0.4, -0.2) is 22.3 Å². The number of nitrogens with one attached hydrogen (secondary N) is 3. The zero-order valence-corrected chi connectivity index (χ0v) is 11.6. The molecule has 0 spiro atoms. The van der Waals surface area contributed by atoms with Crippen molar-refractivity contribution in [3.63, 3.8) is 0 Å². The Kier molecular flexibility index (Phi) is 1.68. The second-order valence-electron chi connectivity index (χ2n) is 5.64. The molecule has 96 valence electrons. The van der Waals surface area contributed by atoms with Gasteiger partial charge >= 0.3 is 0 Å². The molecule has 6 heteroatoms. The highest BCUT2D eigenvalue weighted by molar-refractivity contribution is 9.10. The summed E-state index contributed by atoms with van der Waals surface area (Å²) in [6.07, 6.45) is 1.11. The van der Waals surface area contributed by atoms with Gasteiger partial charge in [-0.1, -0.05) is 33.3 Å². The molecule has 0 saturated heterocycles. The lowest BCUT2D eigenvalue weighted by molar-refractivity contribution is 0.409. The molecule has 0 radical (unpaired) electrons. The molecular formula is C13H12BrN5. The van der Waals surface area contributed by atoms with Crippen molar-refractivity contribution in [1.29, 1.82) is 0 Å². The van der Waals surface area contributed by atoms with Crippen molar-refractivity contribution in [1.82, 2.24) is 15.6 Å². The van der Waals surface area contributed by atoms with E-state index in [1.807, 2.05) is 0 Å². The van der Waals surface area contributed by atoms with Crippen molar-refractivity contribution in [3.8, 4) is 0 Å². The number of fused-ring (bicyclic) bond motifs is 8. The largest absolute Gasteiger partial charge is 0.303 e. The third-order valence-electron chi connectivity index (χ3n) is 4.98. The maximum absolute atomic E-state index is 4.47. The van der Waals surface area contributed by atoms with Crippen molar-refractivity contribution in [2.45, 2.75) is 29.8 Å². The van der Waals surface area contributed by atoms with Crippen LogP contribution in [0.15, 0.2) is 39.1 Å². The van der Waals surface area contributed by atoms with Gasteiger partial charge in [0.25, 0.3) is 0 Å². The van der Waals surface area contributed by atoms with E-state index in [-0.39, 0.29) is 11.5 Å². The summed E-state index contributed by atoms with van der Waals surface area (Å²) >= 11 is 3.51. The van der Waals surface area contributed by atoms with Crippen molar-refractivity contribution < 1.29 is 0 Å². The zero-order chi connectivity index (χ0) is 12.6. The van der Waals surface area contributed by atoms with Gasteiger partial charge in [-0.05, 0) is 24.1 Å². The number of aromatic amines is 2. The number of nitrogens with zero attached hydrogens (tertiary/aromatic N) is 2. The summed E-state index contributed by atoms with van der Waals surface area (Å²) in [6, 6.07) is 9.18. The van der Waals surface area contributed by atoms with E-state index >= 15 is 0 Å². The minimum absolute atomic E-state index is 0.0242. The Labute approximate surface area is 118 Å². The van der Waals surface area contributed by atoms with E-state index in [1.54, 1.807) is 0 Å². The van der Waals surface area contributed by atoms with E-state index in [9.17, 15) is 0 Å². The summed E-state index contributed by atoms with van der Waals surface area (Å²) in [5.74, 6) is 0.500. The van der Waals surface area contributed by atoms with E-state index in [0.717, 1.165) is 10.9 Å². The second-order valence-corrected chi connectivity index (χ2v) is 6.56.